The van der Waals surface area contributed by atoms with Crippen molar-refractivity contribution in [3.05, 3.63) is 46.1 Å². The van der Waals surface area contributed by atoms with Gasteiger partial charge in [0.25, 0.3) is 0 Å². The number of likely N-dealkylation sites (N-methyl/N-ethyl adjacent to an activating group) is 1. The largest absolute Gasteiger partial charge is 0.361 e. The second kappa shape index (κ2) is 9.01. The van der Waals surface area contributed by atoms with Gasteiger partial charge in [0.05, 0.1) is 22.2 Å². The fourth-order valence-electron chi connectivity index (χ4n) is 3.35. The summed E-state index contributed by atoms with van der Waals surface area (Å²) in [5.74, 6) is -0.0237. The van der Waals surface area contributed by atoms with Crippen LogP contribution in [0.3, 0.4) is 0 Å². The molecule has 0 atom stereocenters. The summed E-state index contributed by atoms with van der Waals surface area (Å²) in [4.78, 5) is 16.1. The molecule has 1 aromatic heterocycles. The summed E-state index contributed by atoms with van der Waals surface area (Å²) in [7, 11) is -1.96. The van der Waals surface area contributed by atoms with Gasteiger partial charge in [0.2, 0.25) is 15.9 Å². The quantitative estimate of drug-likeness (QED) is 0.658. The SMILES string of the molecule is Cc1noc(C)c1CN(C)CC(=O)N1CCN(S(=O)(=O)c2ccc(F)c(Cl)c2)CC1. The molecule has 0 bridgehead atoms. The van der Waals surface area contributed by atoms with Crippen LogP contribution in [-0.2, 0) is 21.4 Å². The van der Waals surface area contributed by atoms with Crippen LogP contribution in [0.4, 0.5) is 4.39 Å². The monoisotopic (exact) mass is 458 g/mol. The number of nitrogens with zero attached hydrogens (tertiary/aromatic N) is 4. The highest BCUT2D eigenvalue weighted by Crippen LogP contribution is 2.23. The van der Waals surface area contributed by atoms with Crippen LogP contribution in [0.1, 0.15) is 17.0 Å². The zero-order valence-electron chi connectivity index (χ0n) is 17.1. The summed E-state index contributed by atoms with van der Waals surface area (Å²) in [5.41, 5.74) is 1.76. The first-order valence-corrected chi connectivity index (χ1v) is 11.2. The lowest BCUT2D eigenvalue weighted by atomic mass is 10.2. The molecule has 0 spiro atoms. The van der Waals surface area contributed by atoms with E-state index < -0.39 is 15.8 Å². The molecule has 3 rings (SSSR count). The summed E-state index contributed by atoms with van der Waals surface area (Å²) in [6.07, 6.45) is 0. The van der Waals surface area contributed by atoms with Crippen molar-refractivity contribution in [3.63, 3.8) is 0 Å². The maximum Gasteiger partial charge on any atom is 0.243 e. The Balaban J connectivity index is 1.56. The van der Waals surface area contributed by atoms with Gasteiger partial charge in [-0.3, -0.25) is 9.69 Å². The number of aromatic nitrogens is 1. The highest BCUT2D eigenvalue weighted by molar-refractivity contribution is 7.89. The van der Waals surface area contributed by atoms with Gasteiger partial charge in [-0.05, 0) is 39.1 Å². The molecule has 1 fully saturated rings. The molecule has 164 valence electrons. The summed E-state index contributed by atoms with van der Waals surface area (Å²) in [5, 5.41) is 3.67. The molecule has 1 aliphatic heterocycles. The molecule has 1 amide bonds. The molecule has 2 heterocycles. The number of aryl methyl sites for hydroxylation is 2. The second-order valence-electron chi connectivity index (χ2n) is 7.34. The van der Waals surface area contributed by atoms with Gasteiger partial charge in [-0.25, -0.2) is 12.8 Å². The van der Waals surface area contributed by atoms with Crippen LogP contribution >= 0.6 is 11.6 Å². The van der Waals surface area contributed by atoms with Crippen LogP contribution in [0.2, 0.25) is 5.02 Å². The van der Waals surface area contributed by atoms with E-state index in [-0.39, 0.29) is 48.5 Å². The van der Waals surface area contributed by atoms with Crippen molar-refractivity contribution in [2.45, 2.75) is 25.3 Å². The molecule has 0 radical (unpaired) electrons. The van der Waals surface area contributed by atoms with E-state index >= 15 is 0 Å². The number of halogens is 2. The van der Waals surface area contributed by atoms with E-state index in [0.717, 1.165) is 29.2 Å². The van der Waals surface area contributed by atoms with Gasteiger partial charge in [0.15, 0.2) is 0 Å². The zero-order chi connectivity index (χ0) is 22.1. The normalized spacial score (nSPS) is 15.7. The van der Waals surface area contributed by atoms with Crippen molar-refractivity contribution < 1.29 is 22.1 Å². The van der Waals surface area contributed by atoms with Crippen LogP contribution in [-0.4, -0.2) is 73.4 Å². The van der Waals surface area contributed by atoms with Gasteiger partial charge in [-0.15, -0.1) is 0 Å². The minimum Gasteiger partial charge on any atom is -0.361 e. The van der Waals surface area contributed by atoms with Crippen molar-refractivity contribution in [1.82, 2.24) is 19.3 Å². The number of amides is 1. The fraction of sp³-hybridized carbons (Fsp3) is 0.474. The van der Waals surface area contributed by atoms with Gasteiger partial charge < -0.3 is 9.42 Å². The maximum absolute atomic E-state index is 13.3. The fourth-order valence-corrected chi connectivity index (χ4v) is 5.04. The Kier molecular flexibility index (Phi) is 6.81. The third kappa shape index (κ3) is 4.83. The Morgan fingerprint density at radius 2 is 1.93 bits per heavy atom. The molecule has 0 saturated carbocycles. The van der Waals surface area contributed by atoms with Crippen LogP contribution < -0.4 is 0 Å². The number of piperazine rings is 1. The van der Waals surface area contributed by atoms with Crippen molar-refractivity contribution >= 4 is 27.5 Å². The van der Waals surface area contributed by atoms with Gasteiger partial charge in [-0.2, -0.15) is 4.31 Å². The molecule has 1 saturated heterocycles. The number of rotatable bonds is 6. The molecule has 0 unspecified atom stereocenters. The van der Waals surface area contributed by atoms with Crippen LogP contribution in [0, 0.1) is 19.7 Å². The van der Waals surface area contributed by atoms with Gasteiger partial charge in [-0.1, -0.05) is 16.8 Å². The Morgan fingerprint density at radius 1 is 1.27 bits per heavy atom. The van der Waals surface area contributed by atoms with E-state index in [1.165, 1.54) is 10.4 Å². The zero-order valence-corrected chi connectivity index (χ0v) is 18.6. The third-order valence-corrected chi connectivity index (χ3v) is 7.32. The standard InChI is InChI=1S/C19H24ClFN4O4S/c1-13-16(14(2)29-22-13)11-23(3)12-19(26)24-6-8-25(9-7-24)30(27,28)15-4-5-18(21)17(20)10-15/h4-5,10H,6-9,11-12H2,1-3H3. The van der Waals surface area contributed by atoms with Gasteiger partial charge >= 0.3 is 0 Å². The average molecular weight is 459 g/mol. The number of sulfonamides is 1. The van der Waals surface area contributed by atoms with Crippen LogP contribution in [0.5, 0.6) is 0 Å². The van der Waals surface area contributed by atoms with E-state index in [9.17, 15) is 17.6 Å². The van der Waals surface area contributed by atoms with E-state index in [0.29, 0.717) is 6.54 Å². The highest BCUT2D eigenvalue weighted by Gasteiger charge is 2.30. The average Bonchev–Trinajstić information content (AvgIpc) is 3.02. The Labute approximate surface area is 180 Å². The van der Waals surface area contributed by atoms with Crippen LogP contribution in [0.15, 0.2) is 27.6 Å². The Hall–Kier alpha value is -2.01. The number of carbonyl (C=O) groups excluding carboxylic acids is 1. The lowest BCUT2D eigenvalue weighted by Crippen LogP contribution is -2.52. The number of benzene rings is 1. The summed E-state index contributed by atoms with van der Waals surface area (Å²) in [6.45, 7) is 5.32. The molecule has 8 nitrogen and oxygen atoms in total. The Bertz CT molecular complexity index is 1020. The third-order valence-electron chi connectivity index (χ3n) is 5.13. The molecule has 2 aromatic rings. The number of hydrogen-bond acceptors (Lipinski definition) is 6. The van der Waals surface area contributed by atoms with E-state index in [4.69, 9.17) is 16.1 Å². The van der Waals surface area contributed by atoms with Crippen molar-refractivity contribution in [1.29, 1.82) is 0 Å². The first kappa shape index (κ1) is 22.7. The van der Waals surface area contributed by atoms with Crippen molar-refractivity contribution in [2.75, 3.05) is 39.8 Å². The smallest absolute Gasteiger partial charge is 0.243 e. The van der Waals surface area contributed by atoms with Gasteiger partial charge in [0, 0.05) is 38.3 Å². The first-order valence-electron chi connectivity index (χ1n) is 9.43. The lowest BCUT2D eigenvalue weighted by molar-refractivity contribution is -0.133. The molecule has 11 heteroatoms. The summed E-state index contributed by atoms with van der Waals surface area (Å²) < 4.78 is 45.3. The number of hydrogen-bond donors (Lipinski definition) is 0. The molecule has 30 heavy (non-hydrogen) atoms. The molecular formula is C19H24ClFN4O4S. The predicted molar refractivity (Wildman–Crippen MR) is 109 cm³/mol. The van der Waals surface area contributed by atoms with E-state index in [1.807, 2.05) is 25.8 Å². The molecule has 1 aliphatic rings. The summed E-state index contributed by atoms with van der Waals surface area (Å²) >= 11 is 5.72. The predicted octanol–water partition coefficient (Wildman–Crippen LogP) is 2.05. The molecule has 0 aliphatic carbocycles. The number of carbonyl (C=O) groups is 1. The lowest BCUT2D eigenvalue weighted by Gasteiger charge is -2.34. The van der Waals surface area contributed by atoms with E-state index in [1.54, 1.807) is 4.90 Å². The Morgan fingerprint density at radius 3 is 2.50 bits per heavy atom. The maximum atomic E-state index is 13.3. The summed E-state index contributed by atoms with van der Waals surface area (Å²) in [6, 6.07) is 3.33. The highest BCUT2D eigenvalue weighted by atomic mass is 35.5. The van der Waals surface area contributed by atoms with Crippen molar-refractivity contribution in [3.8, 4) is 0 Å². The van der Waals surface area contributed by atoms with Crippen LogP contribution in [0.25, 0.3) is 0 Å². The van der Waals surface area contributed by atoms with Gasteiger partial charge in [0.1, 0.15) is 11.6 Å². The minimum atomic E-state index is -3.80. The molecular weight excluding hydrogens is 435 g/mol. The molecule has 1 aromatic carbocycles. The minimum absolute atomic E-state index is 0.0622. The van der Waals surface area contributed by atoms with Crippen molar-refractivity contribution in [2.24, 2.45) is 0 Å². The molecule has 0 N–H and O–H groups in total. The first-order chi connectivity index (χ1) is 14.1. The topological polar surface area (TPSA) is 87.0 Å². The van der Waals surface area contributed by atoms with E-state index in [2.05, 4.69) is 5.16 Å². The second-order valence-corrected chi connectivity index (χ2v) is 9.68.